The number of hydrogen-bond donors (Lipinski definition) is 0. The third kappa shape index (κ3) is 10.9. The van der Waals surface area contributed by atoms with Gasteiger partial charge in [-0.2, -0.15) is 0 Å². The van der Waals surface area contributed by atoms with E-state index in [9.17, 15) is 4.79 Å². The van der Waals surface area contributed by atoms with Gasteiger partial charge in [0.15, 0.2) is 0 Å². The molecule has 2 nitrogen and oxygen atoms in total. The Morgan fingerprint density at radius 2 is 2.07 bits per heavy atom. The highest BCUT2D eigenvalue weighted by molar-refractivity contribution is 5.81. The Morgan fingerprint density at radius 1 is 1.33 bits per heavy atom. The van der Waals surface area contributed by atoms with Crippen LogP contribution in [0.2, 0.25) is 0 Å². The number of unbranched alkanes of at least 4 members (excludes halogenated alkanes) is 3. The summed E-state index contributed by atoms with van der Waals surface area (Å²) in [5, 5.41) is 0. The van der Waals surface area contributed by atoms with Crippen molar-refractivity contribution in [3.63, 3.8) is 0 Å². The maximum Gasteiger partial charge on any atom is 0.334 e. The van der Waals surface area contributed by atoms with E-state index < -0.39 is 5.97 Å². The summed E-state index contributed by atoms with van der Waals surface area (Å²) < 4.78 is 4.70. The van der Waals surface area contributed by atoms with E-state index in [4.69, 9.17) is 4.74 Å². The quantitative estimate of drug-likeness (QED) is 0.263. The Bertz CT molecular complexity index is 205. The van der Waals surface area contributed by atoms with Crippen LogP contribution in [0.1, 0.15) is 46.0 Å². The first-order valence-electron chi connectivity index (χ1n) is 5.65. The second-order valence-corrected chi connectivity index (χ2v) is 4.04. The lowest BCUT2D eigenvalue weighted by atomic mass is 10.0. The molecule has 0 rings (SSSR count). The highest BCUT2D eigenvalue weighted by Crippen LogP contribution is 2.09. The van der Waals surface area contributed by atoms with Gasteiger partial charge in [0.25, 0.3) is 0 Å². The highest BCUT2D eigenvalue weighted by Gasteiger charge is 1.93. The SMILES string of the molecule is C=CC(=O)OC=CCCCCCC(C)C. The fourth-order valence-corrected chi connectivity index (χ4v) is 1.22. The van der Waals surface area contributed by atoms with Crippen molar-refractivity contribution in [2.45, 2.75) is 46.0 Å². The molecule has 0 aliphatic heterocycles. The van der Waals surface area contributed by atoms with Crippen LogP contribution in [-0.4, -0.2) is 5.97 Å². The molecule has 0 saturated carbocycles. The number of allylic oxidation sites excluding steroid dienone is 1. The number of carbonyl (C=O) groups excluding carboxylic acids is 1. The molecule has 0 aliphatic rings. The van der Waals surface area contributed by atoms with E-state index in [1.54, 1.807) is 0 Å². The maximum absolute atomic E-state index is 10.6. The first-order valence-corrected chi connectivity index (χ1v) is 5.65. The lowest BCUT2D eigenvalue weighted by molar-refractivity contribution is -0.132. The van der Waals surface area contributed by atoms with Gasteiger partial charge in [0.2, 0.25) is 0 Å². The molecular formula is C13H22O2. The molecule has 0 bridgehead atoms. The van der Waals surface area contributed by atoms with Gasteiger partial charge in [0.1, 0.15) is 0 Å². The average molecular weight is 210 g/mol. The Kier molecular flexibility index (Phi) is 8.84. The first kappa shape index (κ1) is 13.9. The van der Waals surface area contributed by atoms with E-state index in [0.29, 0.717) is 0 Å². The lowest BCUT2D eigenvalue weighted by Crippen LogP contribution is -1.91. The minimum atomic E-state index is -0.397. The molecule has 0 radical (unpaired) electrons. The van der Waals surface area contributed by atoms with Crippen LogP contribution in [0.15, 0.2) is 25.0 Å². The molecule has 0 fully saturated rings. The Morgan fingerprint density at radius 3 is 2.67 bits per heavy atom. The van der Waals surface area contributed by atoms with E-state index in [0.717, 1.165) is 24.8 Å². The van der Waals surface area contributed by atoms with E-state index in [1.165, 1.54) is 25.5 Å². The fourth-order valence-electron chi connectivity index (χ4n) is 1.22. The van der Waals surface area contributed by atoms with Crippen LogP contribution in [0, 0.1) is 5.92 Å². The second kappa shape index (κ2) is 9.50. The molecule has 0 heterocycles. The second-order valence-electron chi connectivity index (χ2n) is 4.04. The molecular weight excluding hydrogens is 188 g/mol. The van der Waals surface area contributed by atoms with E-state index >= 15 is 0 Å². The van der Waals surface area contributed by atoms with Gasteiger partial charge in [-0.15, -0.1) is 0 Å². The Hall–Kier alpha value is -1.05. The average Bonchev–Trinajstić information content (AvgIpc) is 2.21. The largest absolute Gasteiger partial charge is 0.432 e. The topological polar surface area (TPSA) is 26.3 Å². The van der Waals surface area contributed by atoms with Crippen molar-refractivity contribution in [2.75, 3.05) is 0 Å². The van der Waals surface area contributed by atoms with Crippen LogP contribution in [0.5, 0.6) is 0 Å². The predicted octanol–water partition coefficient (Wildman–Crippen LogP) is 3.84. The standard InChI is InChI=1S/C13H22O2/c1-4-13(14)15-11-9-7-5-6-8-10-12(2)3/h4,9,11-12H,1,5-8,10H2,2-3H3. The van der Waals surface area contributed by atoms with Crippen LogP contribution < -0.4 is 0 Å². The summed E-state index contributed by atoms with van der Waals surface area (Å²) in [4.78, 5) is 10.6. The number of ether oxygens (including phenoxy) is 1. The van der Waals surface area contributed by atoms with E-state index in [-0.39, 0.29) is 0 Å². The van der Waals surface area contributed by atoms with Crippen molar-refractivity contribution in [3.8, 4) is 0 Å². The van der Waals surface area contributed by atoms with E-state index in [1.807, 2.05) is 6.08 Å². The van der Waals surface area contributed by atoms with Crippen molar-refractivity contribution in [2.24, 2.45) is 5.92 Å². The van der Waals surface area contributed by atoms with Gasteiger partial charge in [-0.3, -0.25) is 0 Å². The van der Waals surface area contributed by atoms with Gasteiger partial charge in [-0.05, 0) is 24.8 Å². The number of carbonyl (C=O) groups is 1. The molecule has 0 atom stereocenters. The van der Waals surface area contributed by atoms with Crippen LogP contribution in [-0.2, 0) is 9.53 Å². The van der Waals surface area contributed by atoms with Crippen molar-refractivity contribution in [1.29, 1.82) is 0 Å². The Balaban J connectivity index is 3.23. The van der Waals surface area contributed by atoms with Crippen molar-refractivity contribution < 1.29 is 9.53 Å². The summed E-state index contributed by atoms with van der Waals surface area (Å²) in [7, 11) is 0. The molecule has 2 heteroatoms. The van der Waals surface area contributed by atoms with Crippen LogP contribution in [0.3, 0.4) is 0 Å². The van der Waals surface area contributed by atoms with Crippen LogP contribution in [0.4, 0.5) is 0 Å². The van der Waals surface area contributed by atoms with Gasteiger partial charge in [0.05, 0.1) is 6.26 Å². The molecule has 0 aliphatic carbocycles. The molecule has 0 aromatic rings. The minimum Gasteiger partial charge on any atom is -0.432 e. The van der Waals surface area contributed by atoms with Gasteiger partial charge in [-0.1, -0.05) is 39.7 Å². The minimum absolute atomic E-state index is 0.397. The van der Waals surface area contributed by atoms with Crippen molar-refractivity contribution in [1.82, 2.24) is 0 Å². The van der Waals surface area contributed by atoms with Crippen molar-refractivity contribution >= 4 is 5.97 Å². The molecule has 86 valence electrons. The third-order valence-electron chi connectivity index (χ3n) is 2.10. The zero-order valence-electron chi connectivity index (χ0n) is 9.87. The molecule has 0 aromatic carbocycles. The molecule has 0 saturated heterocycles. The Labute approximate surface area is 93.0 Å². The smallest absolute Gasteiger partial charge is 0.334 e. The predicted molar refractivity (Wildman–Crippen MR) is 63.4 cm³/mol. The van der Waals surface area contributed by atoms with Crippen LogP contribution in [0.25, 0.3) is 0 Å². The van der Waals surface area contributed by atoms with Crippen molar-refractivity contribution in [3.05, 3.63) is 25.0 Å². The zero-order valence-corrected chi connectivity index (χ0v) is 9.87. The zero-order chi connectivity index (χ0) is 11.5. The summed E-state index contributed by atoms with van der Waals surface area (Å²) in [6, 6.07) is 0. The maximum atomic E-state index is 10.6. The molecule has 0 N–H and O–H groups in total. The summed E-state index contributed by atoms with van der Waals surface area (Å²) in [5.74, 6) is 0.403. The first-order chi connectivity index (χ1) is 7.16. The van der Waals surface area contributed by atoms with Crippen LogP contribution >= 0.6 is 0 Å². The summed E-state index contributed by atoms with van der Waals surface area (Å²) in [5.41, 5.74) is 0. The molecule has 0 unspecified atom stereocenters. The summed E-state index contributed by atoms with van der Waals surface area (Å²) in [6.45, 7) is 7.80. The van der Waals surface area contributed by atoms with Gasteiger partial charge in [-0.25, -0.2) is 4.79 Å². The van der Waals surface area contributed by atoms with Gasteiger partial charge < -0.3 is 4.74 Å². The normalized spacial score (nSPS) is 10.9. The molecule has 0 amide bonds. The number of esters is 1. The highest BCUT2D eigenvalue weighted by atomic mass is 16.5. The third-order valence-corrected chi connectivity index (χ3v) is 2.10. The monoisotopic (exact) mass is 210 g/mol. The summed E-state index contributed by atoms with van der Waals surface area (Å²) >= 11 is 0. The van der Waals surface area contributed by atoms with Gasteiger partial charge >= 0.3 is 5.97 Å². The molecule has 0 spiro atoms. The summed E-state index contributed by atoms with van der Waals surface area (Å²) in [6.07, 6.45) is 10.5. The number of hydrogen-bond acceptors (Lipinski definition) is 2. The fraction of sp³-hybridized carbons (Fsp3) is 0.615. The number of rotatable bonds is 8. The molecule has 15 heavy (non-hydrogen) atoms. The van der Waals surface area contributed by atoms with E-state index in [2.05, 4.69) is 20.4 Å². The van der Waals surface area contributed by atoms with Gasteiger partial charge in [0, 0.05) is 6.08 Å². The lowest BCUT2D eigenvalue weighted by Gasteiger charge is -2.02. The molecule has 0 aromatic heterocycles.